The predicted molar refractivity (Wildman–Crippen MR) is 144 cm³/mol. The van der Waals surface area contributed by atoms with Gasteiger partial charge in [0.25, 0.3) is 0 Å². The van der Waals surface area contributed by atoms with Gasteiger partial charge in [0.2, 0.25) is 0 Å². The molecule has 0 bridgehead atoms. The Morgan fingerprint density at radius 3 is 2.95 bits per heavy atom. The Morgan fingerprint density at radius 2 is 2.08 bits per heavy atom. The fourth-order valence-corrected chi connectivity index (χ4v) is 5.98. The van der Waals surface area contributed by atoms with Gasteiger partial charge in [-0.2, -0.15) is 5.10 Å². The third-order valence-electron chi connectivity index (χ3n) is 6.62. The van der Waals surface area contributed by atoms with Crippen molar-refractivity contribution in [3.63, 3.8) is 0 Å². The number of rotatable bonds is 7. The fraction of sp³-hybridized carbons (Fsp3) is 0.259. The Hall–Kier alpha value is -4.18. The van der Waals surface area contributed by atoms with E-state index >= 15 is 0 Å². The lowest BCUT2D eigenvalue weighted by molar-refractivity contribution is 0.0904. The number of nitrogens with zero attached hydrogens (tertiary/aromatic N) is 3. The molecule has 1 atom stereocenters. The first-order valence-electron chi connectivity index (χ1n) is 12.2. The van der Waals surface area contributed by atoms with Crippen molar-refractivity contribution < 1.29 is 14.3 Å². The summed E-state index contributed by atoms with van der Waals surface area (Å²) < 4.78 is 10.9. The molecule has 0 aliphatic heterocycles. The minimum atomic E-state index is -0.375. The molecule has 1 unspecified atom stereocenters. The van der Waals surface area contributed by atoms with Crippen LogP contribution in [0, 0.1) is 0 Å². The molecule has 6 rings (SSSR count). The van der Waals surface area contributed by atoms with Crippen molar-refractivity contribution in [3.05, 3.63) is 71.0 Å². The topological polar surface area (TPSA) is 114 Å². The number of aromatic amines is 1. The standard InChI is InChI=1S/C27H26N6O3S/c1-35-19-5-2-16(3-6-19)10-11-28-27(34)36-20-7-8-21-23(13-20)37-26-24(21)25(29-15-30-26)32-18-4-9-22-17(12-18)14-31-33-22/h2-6,9,12,14-15,20H,7-8,10-11,13H2,1H3,(H,28,34)(H,31,33)(H,29,30,32). The number of aryl methyl sites for hydroxylation is 1. The second-order valence-electron chi connectivity index (χ2n) is 9.00. The third kappa shape index (κ3) is 4.92. The molecule has 3 heterocycles. The van der Waals surface area contributed by atoms with Crippen LogP contribution in [0.3, 0.4) is 0 Å². The lowest BCUT2D eigenvalue weighted by atomic mass is 9.94. The molecule has 0 saturated carbocycles. The van der Waals surface area contributed by atoms with E-state index in [4.69, 9.17) is 9.47 Å². The molecule has 1 aliphatic rings. The van der Waals surface area contributed by atoms with E-state index < -0.39 is 0 Å². The number of ether oxygens (including phenoxy) is 2. The molecule has 0 fully saturated rings. The van der Waals surface area contributed by atoms with Crippen LogP contribution in [0.25, 0.3) is 21.1 Å². The van der Waals surface area contributed by atoms with Crippen LogP contribution in [0.5, 0.6) is 5.75 Å². The van der Waals surface area contributed by atoms with Gasteiger partial charge in [-0.15, -0.1) is 11.3 Å². The van der Waals surface area contributed by atoms with Crippen molar-refractivity contribution in [2.24, 2.45) is 0 Å². The van der Waals surface area contributed by atoms with Crippen LogP contribution in [0.4, 0.5) is 16.3 Å². The van der Waals surface area contributed by atoms with Gasteiger partial charge in [0.05, 0.1) is 24.2 Å². The van der Waals surface area contributed by atoms with Gasteiger partial charge in [0, 0.05) is 28.9 Å². The van der Waals surface area contributed by atoms with Gasteiger partial charge in [-0.05, 0) is 60.7 Å². The maximum absolute atomic E-state index is 12.4. The van der Waals surface area contributed by atoms with E-state index in [-0.39, 0.29) is 12.2 Å². The Bertz CT molecular complexity index is 1560. The van der Waals surface area contributed by atoms with Crippen LogP contribution in [0.15, 0.2) is 55.0 Å². The highest BCUT2D eigenvalue weighted by Crippen LogP contribution is 2.39. The van der Waals surface area contributed by atoms with Gasteiger partial charge in [-0.25, -0.2) is 14.8 Å². The number of hydrogen-bond donors (Lipinski definition) is 3. The molecule has 5 aromatic rings. The number of fused-ring (bicyclic) bond motifs is 4. The van der Waals surface area contributed by atoms with Gasteiger partial charge in [0.1, 0.15) is 28.8 Å². The third-order valence-corrected chi connectivity index (χ3v) is 7.78. The zero-order valence-corrected chi connectivity index (χ0v) is 21.1. The van der Waals surface area contributed by atoms with Gasteiger partial charge in [0.15, 0.2) is 0 Å². The largest absolute Gasteiger partial charge is 0.497 e. The molecule has 1 amide bonds. The number of H-pyrrole nitrogens is 1. The number of thiophene rings is 1. The summed E-state index contributed by atoms with van der Waals surface area (Å²) in [7, 11) is 1.64. The summed E-state index contributed by atoms with van der Waals surface area (Å²) in [6.07, 6.45) is 5.84. The zero-order valence-electron chi connectivity index (χ0n) is 20.3. The minimum Gasteiger partial charge on any atom is -0.497 e. The molecule has 2 aromatic carbocycles. The number of nitrogens with one attached hydrogen (secondary N) is 3. The summed E-state index contributed by atoms with van der Waals surface area (Å²) in [5, 5.41) is 15.5. The maximum atomic E-state index is 12.4. The van der Waals surface area contributed by atoms with Crippen LogP contribution in [-0.4, -0.2) is 46.0 Å². The number of hydrogen-bond acceptors (Lipinski definition) is 8. The second-order valence-corrected chi connectivity index (χ2v) is 10.1. The number of anilines is 2. The van der Waals surface area contributed by atoms with Crippen molar-refractivity contribution in [2.45, 2.75) is 31.8 Å². The van der Waals surface area contributed by atoms with Crippen LogP contribution in [-0.2, 0) is 24.0 Å². The van der Waals surface area contributed by atoms with Crippen LogP contribution < -0.4 is 15.4 Å². The van der Waals surface area contributed by atoms with Crippen LogP contribution in [0.2, 0.25) is 0 Å². The van der Waals surface area contributed by atoms with Crippen molar-refractivity contribution in [1.29, 1.82) is 0 Å². The van der Waals surface area contributed by atoms with Crippen LogP contribution >= 0.6 is 11.3 Å². The molecule has 3 N–H and O–H groups in total. The zero-order chi connectivity index (χ0) is 25.2. The number of methoxy groups -OCH3 is 1. The minimum absolute atomic E-state index is 0.158. The summed E-state index contributed by atoms with van der Waals surface area (Å²) in [6, 6.07) is 13.9. The molecule has 188 valence electrons. The first-order valence-corrected chi connectivity index (χ1v) is 13.0. The number of carbonyl (C=O) groups is 1. The van der Waals surface area contributed by atoms with Gasteiger partial charge in [-0.3, -0.25) is 5.10 Å². The molecular formula is C27H26N6O3S. The highest BCUT2D eigenvalue weighted by atomic mass is 32.1. The first kappa shape index (κ1) is 23.2. The van der Waals surface area contributed by atoms with E-state index in [0.29, 0.717) is 13.0 Å². The number of benzene rings is 2. The summed E-state index contributed by atoms with van der Waals surface area (Å²) in [4.78, 5) is 23.6. The van der Waals surface area contributed by atoms with E-state index in [9.17, 15) is 4.79 Å². The van der Waals surface area contributed by atoms with Crippen molar-refractivity contribution in [2.75, 3.05) is 19.0 Å². The number of aromatic nitrogens is 4. The van der Waals surface area contributed by atoms with Gasteiger partial charge in [-0.1, -0.05) is 12.1 Å². The molecule has 3 aromatic heterocycles. The number of amides is 1. The molecular weight excluding hydrogens is 488 g/mol. The Labute approximate surface area is 217 Å². The van der Waals surface area contributed by atoms with Gasteiger partial charge < -0.3 is 20.1 Å². The fourth-order valence-electron chi connectivity index (χ4n) is 4.73. The van der Waals surface area contributed by atoms with Gasteiger partial charge >= 0.3 is 6.09 Å². The molecule has 0 spiro atoms. The molecule has 9 nitrogen and oxygen atoms in total. The lowest BCUT2D eigenvalue weighted by Gasteiger charge is -2.23. The highest BCUT2D eigenvalue weighted by Gasteiger charge is 2.27. The van der Waals surface area contributed by atoms with E-state index in [1.165, 1.54) is 10.4 Å². The SMILES string of the molecule is COc1ccc(CCNC(=O)OC2CCc3c(sc4ncnc(Nc5ccc6[nH]ncc6c5)c34)C2)cc1. The quantitative estimate of drug-likeness (QED) is 0.275. The second kappa shape index (κ2) is 10.1. The van der Waals surface area contributed by atoms with E-state index in [1.807, 2.05) is 42.5 Å². The van der Waals surface area contributed by atoms with Crippen molar-refractivity contribution >= 4 is 50.1 Å². The molecule has 10 heteroatoms. The first-order chi connectivity index (χ1) is 18.2. The molecule has 0 saturated heterocycles. The highest BCUT2D eigenvalue weighted by molar-refractivity contribution is 7.19. The molecule has 1 aliphatic carbocycles. The normalized spacial score (nSPS) is 14.9. The molecule has 0 radical (unpaired) electrons. The van der Waals surface area contributed by atoms with Crippen molar-refractivity contribution in [3.8, 4) is 5.75 Å². The van der Waals surface area contributed by atoms with Crippen molar-refractivity contribution in [1.82, 2.24) is 25.5 Å². The number of alkyl carbamates (subject to hydrolysis) is 1. The lowest BCUT2D eigenvalue weighted by Crippen LogP contribution is -2.32. The Morgan fingerprint density at radius 1 is 1.19 bits per heavy atom. The monoisotopic (exact) mass is 514 g/mol. The summed E-state index contributed by atoms with van der Waals surface area (Å²) in [6.45, 7) is 0.515. The average Bonchev–Trinajstić information content (AvgIpc) is 3.53. The smallest absolute Gasteiger partial charge is 0.407 e. The Kier molecular flexibility index (Phi) is 6.32. The van der Waals surface area contributed by atoms with E-state index in [2.05, 4.69) is 30.8 Å². The maximum Gasteiger partial charge on any atom is 0.407 e. The molecule has 37 heavy (non-hydrogen) atoms. The summed E-state index contributed by atoms with van der Waals surface area (Å²) in [5.41, 5.74) is 4.30. The number of carbonyl (C=O) groups excluding carboxylic acids is 1. The van der Waals surface area contributed by atoms with Crippen LogP contribution in [0.1, 0.15) is 22.4 Å². The average molecular weight is 515 g/mol. The predicted octanol–water partition coefficient (Wildman–Crippen LogP) is 5.15. The van der Waals surface area contributed by atoms with E-state index in [0.717, 1.165) is 63.2 Å². The van der Waals surface area contributed by atoms with E-state index in [1.54, 1.807) is 31.0 Å². The summed E-state index contributed by atoms with van der Waals surface area (Å²) >= 11 is 1.65. The Balaban J connectivity index is 1.10. The summed E-state index contributed by atoms with van der Waals surface area (Å²) in [5.74, 6) is 1.61.